The van der Waals surface area contributed by atoms with Gasteiger partial charge in [-0.2, -0.15) is 4.98 Å². The molecule has 4 aromatic rings. The summed E-state index contributed by atoms with van der Waals surface area (Å²) >= 11 is 6.13. The first kappa shape index (κ1) is 18.5. The van der Waals surface area contributed by atoms with Crippen LogP contribution in [0.4, 0.5) is 11.6 Å². The standard InChI is InChI=1S/C22H20ClN7O/c23-18-2-1-3-19(27-18)30-20-17(21(31)29(30)16-6-7-16)12-25-22(28-20)26-15-5-4-13-8-9-24-11-14(13)10-15/h1-5,10,12,16,24H,6-9,11H2,(H,25,26,28). The Labute approximate surface area is 182 Å². The Morgan fingerprint density at radius 3 is 2.87 bits per heavy atom. The summed E-state index contributed by atoms with van der Waals surface area (Å²) in [6.45, 7) is 1.86. The second kappa shape index (κ2) is 7.18. The zero-order chi connectivity index (χ0) is 20.9. The quantitative estimate of drug-likeness (QED) is 0.480. The average Bonchev–Trinajstić information content (AvgIpc) is 3.58. The molecule has 1 aliphatic heterocycles. The summed E-state index contributed by atoms with van der Waals surface area (Å²) in [5, 5.41) is 7.51. The minimum absolute atomic E-state index is 0.106. The highest BCUT2D eigenvalue weighted by Crippen LogP contribution is 2.35. The van der Waals surface area contributed by atoms with Crippen LogP contribution in [0.5, 0.6) is 0 Å². The fourth-order valence-electron chi connectivity index (χ4n) is 4.13. The third-order valence-electron chi connectivity index (χ3n) is 5.78. The predicted octanol–water partition coefficient (Wildman–Crippen LogP) is 3.35. The molecule has 9 heteroatoms. The van der Waals surface area contributed by atoms with E-state index in [2.05, 4.69) is 32.7 Å². The molecule has 0 atom stereocenters. The van der Waals surface area contributed by atoms with Gasteiger partial charge in [-0.05, 0) is 61.2 Å². The third kappa shape index (κ3) is 3.28. The molecule has 6 rings (SSSR count). The van der Waals surface area contributed by atoms with Gasteiger partial charge in [0.25, 0.3) is 5.56 Å². The molecule has 0 saturated heterocycles. The molecule has 0 spiro atoms. The van der Waals surface area contributed by atoms with E-state index in [4.69, 9.17) is 16.6 Å². The molecule has 3 aromatic heterocycles. The number of anilines is 2. The van der Waals surface area contributed by atoms with Crippen LogP contribution < -0.4 is 16.2 Å². The van der Waals surface area contributed by atoms with E-state index in [1.807, 2.05) is 18.2 Å². The summed E-state index contributed by atoms with van der Waals surface area (Å²) in [7, 11) is 0. The summed E-state index contributed by atoms with van der Waals surface area (Å²) in [5.41, 5.74) is 3.97. The largest absolute Gasteiger partial charge is 0.324 e. The lowest BCUT2D eigenvalue weighted by Crippen LogP contribution is -2.23. The van der Waals surface area contributed by atoms with Crippen LogP contribution in [0, 0.1) is 0 Å². The maximum absolute atomic E-state index is 13.1. The Balaban J connectivity index is 1.46. The molecule has 0 bridgehead atoms. The third-order valence-corrected chi connectivity index (χ3v) is 5.99. The van der Waals surface area contributed by atoms with Gasteiger partial charge in [0.05, 0.1) is 6.04 Å². The smallest absolute Gasteiger partial charge is 0.278 e. The number of hydrogen-bond acceptors (Lipinski definition) is 6. The van der Waals surface area contributed by atoms with Gasteiger partial charge in [0.1, 0.15) is 10.5 Å². The molecule has 31 heavy (non-hydrogen) atoms. The maximum Gasteiger partial charge on any atom is 0.278 e. The van der Waals surface area contributed by atoms with Gasteiger partial charge in [0.2, 0.25) is 5.95 Å². The van der Waals surface area contributed by atoms with E-state index in [0.29, 0.717) is 28.0 Å². The van der Waals surface area contributed by atoms with Crippen LogP contribution in [0.25, 0.3) is 16.9 Å². The lowest BCUT2D eigenvalue weighted by Gasteiger charge is -2.18. The number of pyridine rings is 1. The van der Waals surface area contributed by atoms with E-state index >= 15 is 0 Å². The molecular formula is C22H20ClN7O. The molecule has 1 saturated carbocycles. The van der Waals surface area contributed by atoms with Crippen molar-refractivity contribution in [2.75, 3.05) is 11.9 Å². The van der Waals surface area contributed by atoms with Crippen molar-refractivity contribution in [2.24, 2.45) is 0 Å². The number of hydrogen-bond donors (Lipinski definition) is 2. The highest BCUT2D eigenvalue weighted by atomic mass is 35.5. The monoisotopic (exact) mass is 433 g/mol. The van der Waals surface area contributed by atoms with Crippen molar-refractivity contribution in [3.8, 4) is 5.82 Å². The molecule has 2 N–H and O–H groups in total. The Morgan fingerprint density at radius 2 is 2.03 bits per heavy atom. The number of aromatic nitrogens is 5. The molecule has 0 radical (unpaired) electrons. The van der Waals surface area contributed by atoms with Crippen LogP contribution in [0.2, 0.25) is 5.15 Å². The van der Waals surface area contributed by atoms with Gasteiger partial charge < -0.3 is 10.6 Å². The molecule has 156 valence electrons. The molecular weight excluding hydrogens is 414 g/mol. The maximum atomic E-state index is 13.1. The van der Waals surface area contributed by atoms with Crippen molar-refractivity contribution in [1.29, 1.82) is 0 Å². The minimum Gasteiger partial charge on any atom is -0.324 e. The molecule has 1 fully saturated rings. The first-order valence-electron chi connectivity index (χ1n) is 10.4. The van der Waals surface area contributed by atoms with Gasteiger partial charge in [0, 0.05) is 18.4 Å². The average molecular weight is 434 g/mol. The van der Waals surface area contributed by atoms with Crippen molar-refractivity contribution in [1.82, 2.24) is 29.6 Å². The highest BCUT2D eigenvalue weighted by molar-refractivity contribution is 6.29. The SMILES string of the molecule is O=c1c2cnc(Nc3ccc4c(c3)CNCC4)nc2n(-c2cccc(Cl)n2)n1C1CC1. The molecule has 0 unspecified atom stereocenters. The van der Waals surface area contributed by atoms with E-state index in [0.717, 1.165) is 38.0 Å². The van der Waals surface area contributed by atoms with Crippen LogP contribution in [0.1, 0.15) is 30.0 Å². The highest BCUT2D eigenvalue weighted by Gasteiger charge is 2.31. The zero-order valence-electron chi connectivity index (χ0n) is 16.7. The van der Waals surface area contributed by atoms with Gasteiger partial charge >= 0.3 is 0 Å². The summed E-state index contributed by atoms with van der Waals surface area (Å²) in [4.78, 5) is 26.6. The Kier molecular flexibility index (Phi) is 4.29. The summed E-state index contributed by atoms with van der Waals surface area (Å²) < 4.78 is 3.50. The molecule has 1 aliphatic carbocycles. The predicted molar refractivity (Wildman–Crippen MR) is 119 cm³/mol. The first-order valence-corrected chi connectivity index (χ1v) is 10.8. The van der Waals surface area contributed by atoms with E-state index in [1.165, 1.54) is 11.1 Å². The second-order valence-corrected chi connectivity index (χ2v) is 8.36. The molecule has 8 nitrogen and oxygen atoms in total. The van der Waals surface area contributed by atoms with Crippen molar-refractivity contribution >= 4 is 34.3 Å². The van der Waals surface area contributed by atoms with Gasteiger partial charge in [-0.3, -0.25) is 4.79 Å². The van der Waals surface area contributed by atoms with Crippen LogP contribution in [0.15, 0.2) is 47.4 Å². The summed E-state index contributed by atoms with van der Waals surface area (Å²) in [5.74, 6) is 0.996. The molecule has 0 amide bonds. The van der Waals surface area contributed by atoms with Crippen molar-refractivity contribution in [3.63, 3.8) is 0 Å². The number of halogens is 1. The Bertz CT molecular complexity index is 1370. The topological polar surface area (TPSA) is 89.7 Å². The van der Waals surface area contributed by atoms with Crippen molar-refractivity contribution in [3.05, 3.63) is 69.2 Å². The second-order valence-electron chi connectivity index (χ2n) is 7.98. The Morgan fingerprint density at radius 1 is 1.13 bits per heavy atom. The van der Waals surface area contributed by atoms with E-state index in [1.54, 1.807) is 21.6 Å². The van der Waals surface area contributed by atoms with E-state index < -0.39 is 0 Å². The van der Waals surface area contributed by atoms with Crippen LogP contribution in [0.3, 0.4) is 0 Å². The molecule has 1 aromatic carbocycles. The van der Waals surface area contributed by atoms with Crippen LogP contribution in [-0.2, 0) is 13.0 Å². The lowest BCUT2D eigenvalue weighted by molar-refractivity contribution is 0.553. The Hall–Kier alpha value is -3.23. The van der Waals surface area contributed by atoms with E-state index in [9.17, 15) is 4.79 Å². The normalized spacial score (nSPS) is 15.8. The molecule has 4 heterocycles. The zero-order valence-corrected chi connectivity index (χ0v) is 17.4. The number of benzene rings is 1. The first-order chi connectivity index (χ1) is 15.2. The fraction of sp³-hybridized carbons (Fsp3) is 0.273. The number of nitrogens with one attached hydrogen (secondary N) is 2. The summed E-state index contributed by atoms with van der Waals surface area (Å²) in [6, 6.07) is 11.8. The van der Waals surface area contributed by atoms with Crippen LogP contribution >= 0.6 is 11.6 Å². The van der Waals surface area contributed by atoms with Crippen molar-refractivity contribution in [2.45, 2.75) is 31.8 Å². The van der Waals surface area contributed by atoms with Crippen LogP contribution in [-0.4, -0.2) is 30.9 Å². The number of fused-ring (bicyclic) bond motifs is 2. The van der Waals surface area contributed by atoms with Crippen molar-refractivity contribution < 1.29 is 0 Å². The number of rotatable bonds is 4. The summed E-state index contributed by atoms with van der Waals surface area (Å²) in [6.07, 6.45) is 4.54. The minimum atomic E-state index is -0.106. The lowest BCUT2D eigenvalue weighted by atomic mass is 10.0. The van der Waals surface area contributed by atoms with Gasteiger partial charge in [-0.25, -0.2) is 19.3 Å². The number of nitrogens with zero attached hydrogens (tertiary/aromatic N) is 5. The van der Waals surface area contributed by atoms with Gasteiger partial charge in [-0.1, -0.05) is 23.7 Å². The van der Waals surface area contributed by atoms with Gasteiger partial charge in [0.15, 0.2) is 11.5 Å². The molecule has 2 aliphatic rings. The van der Waals surface area contributed by atoms with Gasteiger partial charge in [-0.15, -0.1) is 0 Å². The fourth-order valence-corrected chi connectivity index (χ4v) is 4.29. The van der Waals surface area contributed by atoms with E-state index in [-0.39, 0.29) is 11.6 Å².